The number of benzene rings is 3. The van der Waals surface area contributed by atoms with Gasteiger partial charge >= 0.3 is 6.09 Å². The molecule has 0 fully saturated rings. The number of hydrogen-bond acceptors (Lipinski definition) is 10. The number of amides is 1. The molecule has 12 heteroatoms. The average Bonchev–Trinajstić information content (AvgIpc) is 3.46. The van der Waals surface area contributed by atoms with Gasteiger partial charge in [-0.1, -0.05) is 12.1 Å². The summed E-state index contributed by atoms with van der Waals surface area (Å²) in [5, 5.41) is 39.1. The minimum Gasteiger partial charge on any atom is -0.508 e. The summed E-state index contributed by atoms with van der Waals surface area (Å²) in [6.45, 7) is 5.77. The lowest BCUT2D eigenvalue weighted by molar-refractivity contribution is 0.159. The third-order valence-electron chi connectivity index (χ3n) is 7.51. The SMILES string of the molecule is CCCNc1ccc(-c2nnc(CN(C)C(=O)Oc3ccc4c(c3)CCc3cc(O)ccc3-c3c-4nnn3CC)nn2)cc1. The van der Waals surface area contributed by atoms with Gasteiger partial charge < -0.3 is 20.1 Å². The van der Waals surface area contributed by atoms with E-state index in [0.29, 0.717) is 36.8 Å². The molecule has 2 N–H and O–H groups in total. The van der Waals surface area contributed by atoms with Gasteiger partial charge in [0.05, 0.1) is 12.2 Å². The Hall–Kier alpha value is -5.39. The number of ether oxygens (including phenoxy) is 1. The van der Waals surface area contributed by atoms with Crippen molar-refractivity contribution in [2.45, 2.75) is 46.2 Å². The van der Waals surface area contributed by atoms with Crippen LogP contribution in [0, 0.1) is 0 Å². The number of nitrogens with zero attached hydrogens (tertiary/aromatic N) is 8. The van der Waals surface area contributed by atoms with Crippen LogP contribution < -0.4 is 10.1 Å². The van der Waals surface area contributed by atoms with Gasteiger partial charge in [0.2, 0.25) is 5.82 Å². The van der Waals surface area contributed by atoms with Crippen molar-refractivity contribution < 1.29 is 14.6 Å². The monoisotopic (exact) mass is 591 g/mol. The topological polar surface area (TPSA) is 144 Å². The summed E-state index contributed by atoms with van der Waals surface area (Å²) in [6, 6.07) is 18.7. The zero-order valence-electron chi connectivity index (χ0n) is 24.9. The van der Waals surface area contributed by atoms with Gasteiger partial charge in [-0.25, -0.2) is 9.48 Å². The summed E-state index contributed by atoms with van der Waals surface area (Å²) >= 11 is 0. The van der Waals surface area contributed by atoms with Crippen molar-refractivity contribution in [2.75, 3.05) is 18.9 Å². The van der Waals surface area contributed by atoms with Crippen molar-refractivity contribution in [2.24, 2.45) is 0 Å². The average molecular weight is 592 g/mol. The molecule has 0 saturated heterocycles. The van der Waals surface area contributed by atoms with Gasteiger partial charge in [0.1, 0.15) is 17.2 Å². The Morgan fingerprint density at radius 2 is 1.66 bits per heavy atom. The number of phenols is 1. The number of hydrogen-bond donors (Lipinski definition) is 2. The highest BCUT2D eigenvalue weighted by Crippen LogP contribution is 2.39. The number of anilines is 1. The Balaban J connectivity index is 1.15. The van der Waals surface area contributed by atoms with Gasteiger partial charge in [-0.2, -0.15) is 0 Å². The molecule has 0 unspecified atom stereocenters. The molecule has 44 heavy (non-hydrogen) atoms. The summed E-state index contributed by atoms with van der Waals surface area (Å²) < 4.78 is 7.59. The van der Waals surface area contributed by atoms with Gasteiger partial charge in [0.25, 0.3) is 0 Å². The predicted molar refractivity (Wildman–Crippen MR) is 165 cm³/mol. The van der Waals surface area contributed by atoms with E-state index < -0.39 is 6.09 Å². The van der Waals surface area contributed by atoms with Crippen molar-refractivity contribution >= 4 is 11.8 Å². The first kappa shape index (κ1) is 28.7. The van der Waals surface area contributed by atoms with Gasteiger partial charge in [-0.05, 0) is 98.0 Å². The third kappa shape index (κ3) is 5.91. The molecule has 1 amide bonds. The number of phenolic OH excluding ortho intramolecular Hbond substituents is 1. The third-order valence-corrected chi connectivity index (χ3v) is 7.51. The molecule has 0 radical (unpaired) electrons. The van der Waals surface area contributed by atoms with Crippen LogP contribution in [0.15, 0.2) is 60.7 Å². The fraction of sp³-hybridized carbons (Fsp3) is 0.281. The first-order chi connectivity index (χ1) is 21.4. The largest absolute Gasteiger partial charge is 0.508 e. The molecule has 5 aromatic rings. The van der Waals surface area contributed by atoms with Crippen LogP contribution in [0.25, 0.3) is 33.9 Å². The molecule has 0 saturated carbocycles. The van der Waals surface area contributed by atoms with Crippen LogP contribution in [-0.4, -0.2) is 65.1 Å². The number of aryl methyl sites for hydroxylation is 3. The van der Waals surface area contributed by atoms with E-state index in [-0.39, 0.29) is 12.3 Å². The Bertz CT molecular complexity index is 1790. The molecular weight excluding hydrogens is 558 g/mol. The molecule has 12 nitrogen and oxygen atoms in total. The molecule has 0 bridgehead atoms. The highest BCUT2D eigenvalue weighted by atomic mass is 16.6. The lowest BCUT2D eigenvalue weighted by atomic mass is 9.89. The summed E-state index contributed by atoms with van der Waals surface area (Å²) in [5.74, 6) is 1.32. The van der Waals surface area contributed by atoms with Crippen molar-refractivity contribution in [1.82, 2.24) is 40.3 Å². The maximum Gasteiger partial charge on any atom is 0.415 e. The second kappa shape index (κ2) is 12.5. The lowest BCUT2D eigenvalue weighted by Gasteiger charge is -2.19. The predicted octanol–water partition coefficient (Wildman–Crippen LogP) is 5.14. The first-order valence-electron chi connectivity index (χ1n) is 14.7. The second-order valence-electron chi connectivity index (χ2n) is 10.6. The van der Waals surface area contributed by atoms with E-state index in [1.807, 2.05) is 54.1 Å². The molecule has 1 aliphatic rings. The summed E-state index contributed by atoms with van der Waals surface area (Å²) in [6.07, 6.45) is 1.84. The number of aromatic nitrogens is 7. The lowest BCUT2D eigenvalue weighted by Crippen LogP contribution is -2.30. The molecule has 0 spiro atoms. The molecule has 3 aromatic carbocycles. The van der Waals surface area contributed by atoms with Gasteiger partial charge in [0, 0.05) is 42.5 Å². The Morgan fingerprint density at radius 3 is 2.39 bits per heavy atom. The summed E-state index contributed by atoms with van der Waals surface area (Å²) in [5.41, 5.74) is 7.40. The fourth-order valence-corrected chi connectivity index (χ4v) is 5.23. The van der Waals surface area contributed by atoms with E-state index in [2.05, 4.69) is 42.9 Å². The van der Waals surface area contributed by atoms with Crippen LogP contribution in [0.2, 0.25) is 0 Å². The molecular formula is C32H33N9O3. The van der Waals surface area contributed by atoms with E-state index in [9.17, 15) is 9.90 Å². The van der Waals surface area contributed by atoms with E-state index in [4.69, 9.17) is 4.74 Å². The van der Waals surface area contributed by atoms with Crippen LogP contribution in [-0.2, 0) is 25.9 Å². The van der Waals surface area contributed by atoms with Gasteiger partial charge in [-0.3, -0.25) is 0 Å². The highest BCUT2D eigenvalue weighted by Gasteiger charge is 2.24. The normalized spacial score (nSPS) is 11.9. The zero-order valence-corrected chi connectivity index (χ0v) is 24.9. The zero-order chi connectivity index (χ0) is 30.6. The molecule has 2 aromatic heterocycles. The van der Waals surface area contributed by atoms with Crippen molar-refractivity contribution in [1.29, 1.82) is 0 Å². The Labute approximate surface area is 254 Å². The summed E-state index contributed by atoms with van der Waals surface area (Å²) in [7, 11) is 1.61. The molecule has 2 heterocycles. The minimum atomic E-state index is -0.563. The number of carbonyl (C=O) groups excluding carboxylic acids is 1. The number of nitrogens with one attached hydrogen (secondary N) is 1. The van der Waals surface area contributed by atoms with E-state index in [1.54, 1.807) is 25.2 Å². The molecule has 0 aliphatic heterocycles. The van der Waals surface area contributed by atoms with Crippen LogP contribution in [0.3, 0.4) is 0 Å². The fourth-order valence-electron chi connectivity index (χ4n) is 5.23. The molecule has 1 aliphatic carbocycles. The Morgan fingerprint density at radius 1 is 0.932 bits per heavy atom. The highest BCUT2D eigenvalue weighted by molar-refractivity contribution is 5.83. The van der Waals surface area contributed by atoms with Gasteiger partial charge in [0.15, 0.2) is 5.82 Å². The molecule has 0 atom stereocenters. The van der Waals surface area contributed by atoms with Crippen molar-refractivity contribution in [3.05, 3.63) is 77.6 Å². The minimum absolute atomic E-state index is 0.0771. The Kier molecular flexibility index (Phi) is 8.13. The number of fused-ring (bicyclic) bond motifs is 5. The molecule has 224 valence electrons. The summed E-state index contributed by atoms with van der Waals surface area (Å²) in [4.78, 5) is 14.4. The maximum absolute atomic E-state index is 13.0. The molecule has 6 rings (SSSR count). The maximum atomic E-state index is 13.0. The van der Waals surface area contributed by atoms with Crippen LogP contribution in [0.4, 0.5) is 10.5 Å². The van der Waals surface area contributed by atoms with E-state index >= 15 is 0 Å². The quantitative estimate of drug-likeness (QED) is 0.249. The van der Waals surface area contributed by atoms with Crippen LogP contribution in [0.1, 0.15) is 37.2 Å². The van der Waals surface area contributed by atoms with E-state index in [1.165, 1.54) is 4.90 Å². The first-order valence-corrected chi connectivity index (χ1v) is 14.7. The smallest absolute Gasteiger partial charge is 0.415 e. The van der Waals surface area contributed by atoms with Crippen LogP contribution >= 0.6 is 0 Å². The number of aromatic hydroxyl groups is 1. The van der Waals surface area contributed by atoms with Crippen LogP contribution in [0.5, 0.6) is 11.5 Å². The van der Waals surface area contributed by atoms with Crippen molar-refractivity contribution in [3.8, 4) is 45.4 Å². The number of rotatable bonds is 8. The van der Waals surface area contributed by atoms with Crippen molar-refractivity contribution in [3.63, 3.8) is 0 Å². The second-order valence-corrected chi connectivity index (χ2v) is 10.6. The van der Waals surface area contributed by atoms with Gasteiger partial charge in [-0.15, -0.1) is 25.5 Å². The van der Waals surface area contributed by atoms with E-state index in [0.717, 1.165) is 57.9 Å². The number of carbonyl (C=O) groups is 1. The standard InChI is InChI=1S/C32H33N9O3/c1-4-16-33-23-10-8-20(9-11-23)31-37-34-28(35-38-31)19-40(3)32(43)44-25-13-15-26-22(18-25)7-6-21-17-24(42)12-14-27(21)30-29(26)36-39-41(30)5-2/h8-15,17-18,33,42H,4-7,16,19H2,1-3H3.